The van der Waals surface area contributed by atoms with E-state index in [1.165, 1.54) is 52.8 Å². The monoisotopic (exact) mass is 462 g/mol. The Kier molecular flexibility index (Phi) is 7.22. The van der Waals surface area contributed by atoms with E-state index in [0.29, 0.717) is 5.56 Å². The second-order valence-electron chi connectivity index (χ2n) is 6.84. The predicted octanol–water partition coefficient (Wildman–Crippen LogP) is 3.52. The molecule has 0 saturated heterocycles. The molecule has 0 radical (unpaired) electrons. The van der Waals surface area contributed by atoms with E-state index < -0.39 is 25.9 Å². The lowest BCUT2D eigenvalue weighted by Gasteiger charge is -2.20. The van der Waals surface area contributed by atoms with Gasteiger partial charge in [0.1, 0.15) is 5.82 Å². The molecule has 1 N–H and O–H groups in total. The van der Waals surface area contributed by atoms with Crippen LogP contribution in [0.3, 0.4) is 0 Å². The zero-order valence-corrected chi connectivity index (χ0v) is 18.5. The first kappa shape index (κ1) is 23.1. The minimum absolute atomic E-state index is 0.0106. The van der Waals surface area contributed by atoms with E-state index in [2.05, 4.69) is 4.72 Å². The fourth-order valence-electron chi connectivity index (χ4n) is 2.96. The van der Waals surface area contributed by atoms with Crippen molar-refractivity contribution in [1.82, 2.24) is 9.03 Å². The Hall–Kier alpha value is -2.59. The van der Waals surface area contributed by atoms with Crippen LogP contribution in [0.1, 0.15) is 18.1 Å². The van der Waals surface area contributed by atoms with Crippen molar-refractivity contribution < 1.29 is 21.2 Å². The summed E-state index contributed by atoms with van der Waals surface area (Å²) in [6.45, 7) is 2.23. The van der Waals surface area contributed by atoms with Crippen molar-refractivity contribution in [2.75, 3.05) is 6.54 Å². The maximum absolute atomic E-state index is 13.0. The second kappa shape index (κ2) is 9.69. The van der Waals surface area contributed by atoms with Crippen LogP contribution in [0.15, 0.2) is 88.7 Å². The molecule has 0 aliphatic heterocycles. The molecule has 3 aromatic rings. The number of rotatable bonds is 9. The van der Waals surface area contributed by atoms with Crippen LogP contribution in [0.2, 0.25) is 0 Å². The largest absolute Gasteiger partial charge is 0.243 e. The van der Waals surface area contributed by atoms with Crippen molar-refractivity contribution in [2.24, 2.45) is 0 Å². The number of nitrogens with one attached hydrogen (secondary N) is 1. The van der Waals surface area contributed by atoms with Gasteiger partial charge in [-0.25, -0.2) is 25.9 Å². The quantitative estimate of drug-likeness (QED) is 0.527. The Bertz CT molecular complexity index is 1210. The summed E-state index contributed by atoms with van der Waals surface area (Å²) in [7, 11) is -7.65. The molecule has 0 atom stereocenters. The summed E-state index contributed by atoms with van der Waals surface area (Å²) in [5, 5.41) is 0. The lowest BCUT2D eigenvalue weighted by atomic mass is 10.2. The van der Waals surface area contributed by atoms with E-state index in [-0.39, 0.29) is 29.4 Å². The van der Waals surface area contributed by atoms with E-state index in [1.807, 2.05) is 30.3 Å². The summed E-state index contributed by atoms with van der Waals surface area (Å²) in [6.07, 6.45) is 0. The molecular formula is C22H23FN2O4S2. The van der Waals surface area contributed by atoms with Gasteiger partial charge >= 0.3 is 0 Å². The molecule has 0 aliphatic rings. The highest BCUT2D eigenvalue weighted by atomic mass is 32.2. The molecule has 6 nitrogen and oxygen atoms in total. The van der Waals surface area contributed by atoms with Crippen LogP contribution in [0.5, 0.6) is 0 Å². The third kappa shape index (κ3) is 5.76. The van der Waals surface area contributed by atoms with Crippen LogP contribution in [-0.2, 0) is 33.1 Å². The first-order valence-electron chi connectivity index (χ1n) is 9.60. The number of hydrogen-bond acceptors (Lipinski definition) is 4. The number of benzene rings is 3. The Morgan fingerprint density at radius 2 is 1.35 bits per heavy atom. The average molecular weight is 463 g/mol. The van der Waals surface area contributed by atoms with Crippen molar-refractivity contribution in [3.8, 4) is 0 Å². The minimum Gasteiger partial charge on any atom is -0.207 e. The van der Waals surface area contributed by atoms with Gasteiger partial charge in [-0.3, -0.25) is 0 Å². The van der Waals surface area contributed by atoms with Crippen molar-refractivity contribution >= 4 is 20.0 Å². The highest BCUT2D eigenvalue weighted by Gasteiger charge is 2.24. The molecule has 0 heterocycles. The van der Waals surface area contributed by atoms with Crippen LogP contribution in [0.4, 0.5) is 4.39 Å². The van der Waals surface area contributed by atoms with Crippen LogP contribution in [0.25, 0.3) is 0 Å². The Labute approximate surface area is 182 Å². The number of halogens is 1. The maximum atomic E-state index is 13.0. The van der Waals surface area contributed by atoms with E-state index in [4.69, 9.17) is 0 Å². The molecule has 0 aromatic heterocycles. The van der Waals surface area contributed by atoms with Crippen molar-refractivity contribution in [3.05, 3.63) is 95.8 Å². The van der Waals surface area contributed by atoms with Gasteiger partial charge in [0.15, 0.2) is 0 Å². The molecule has 31 heavy (non-hydrogen) atoms. The molecule has 9 heteroatoms. The number of sulfonamides is 2. The molecule has 0 spiro atoms. The van der Waals surface area contributed by atoms with Crippen LogP contribution < -0.4 is 4.72 Å². The highest BCUT2D eigenvalue weighted by Crippen LogP contribution is 2.20. The van der Waals surface area contributed by atoms with Gasteiger partial charge in [0.25, 0.3) is 0 Å². The van der Waals surface area contributed by atoms with Crippen LogP contribution >= 0.6 is 0 Å². The Morgan fingerprint density at radius 3 is 1.94 bits per heavy atom. The van der Waals surface area contributed by atoms with Crippen LogP contribution in [0, 0.1) is 5.82 Å². The molecule has 0 aliphatic carbocycles. The first-order chi connectivity index (χ1) is 14.7. The summed E-state index contributed by atoms with van der Waals surface area (Å²) in [5.41, 5.74) is 1.46. The topological polar surface area (TPSA) is 83.6 Å². The molecular weight excluding hydrogens is 439 g/mol. The van der Waals surface area contributed by atoms with E-state index in [9.17, 15) is 21.2 Å². The predicted molar refractivity (Wildman–Crippen MR) is 117 cm³/mol. The SMILES string of the molecule is CCN(Cc1ccccc1)S(=O)(=O)c1ccc(S(=O)(=O)NCc2ccc(F)cc2)cc1. The minimum atomic E-state index is -3.86. The molecule has 3 rings (SSSR count). The standard InChI is InChI=1S/C22H23FN2O4S2/c1-2-25(17-19-6-4-3-5-7-19)31(28,29)22-14-12-21(13-15-22)30(26,27)24-16-18-8-10-20(23)11-9-18/h3-15,24H,2,16-17H2,1H3. The third-order valence-corrected chi connectivity index (χ3v) is 8.06. The van der Waals surface area contributed by atoms with Gasteiger partial charge in [0, 0.05) is 19.6 Å². The number of nitrogens with zero attached hydrogens (tertiary/aromatic N) is 1. The summed E-state index contributed by atoms with van der Waals surface area (Å²) in [4.78, 5) is -0.0394. The summed E-state index contributed by atoms with van der Waals surface area (Å²) in [6, 6.07) is 19.8. The molecule has 0 unspecified atom stereocenters. The zero-order valence-electron chi connectivity index (χ0n) is 16.9. The van der Waals surface area contributed by atoms with E-state index in [1.54, 1.807) is 6.92 Å². The number of hydrogen-bond donors (Lipinski definition) is 1. The second-order valence-corrected chi connectivity index (χ2v) is 10.5. The molecule has 0 bridgehead atoms. The van der Waals surface area contributed by atoms with E-state index in [0.717, 1.165) is 5.56 Å². The zero-order chi connectivity index (χ0) is 22.5. The van der Waals surface area contributed by atoms with Gasteiger partial charge in [-0.1, -0.05) is 49.4 Å². The van der Waals surface area contributed by atoms with Gasteiger partial charge in [-0.05, 0) is 47.5 Å². The van der Waals surface area contributed by atoms with E-state index >= 15 is 0 Å². The molecule has 164 valence electrons. The van der Waals surface area contributed by atoms with Gasteiger partial charge < -0.3 is 0 Å². The van der Waals surface area contributed by atoms with Gasteiger partial charge in [0.2, 0.25) is 20.0 Å². The first-order valence-corrected chi connectivity index (χ1v) is 12.5. The van der Waals surface area contributed by atoms with Crippen LogP contribution in [-0.4, -0.2) is 27.7 Å². The Morgan fingerprint density at radius 1 is 0.774 bits per heavy atom. The summed E-state index contributed by atoms with van der Waals surface area (Å²) >= 11 is 0. The van der Waals surface area contributed by atoms with Crippen molar-refractivity contribution in [1.29, 1.82) is 0 Å². The summed E-state index contributed by atoms with van der Waals surface area (Å²) in [5.74, 6) is -0.406. The smallest absolute Gasteiger partial charge is 0.207 e. The van der Waals surface area contributed by atoms with Gasteiger partial charge in [-0.2, -0.15) is 4.31 Å². The lowest BCUT2D eigenvalue weighted by molar-refractivity contribution is 0.423. The third-order valence-electron chi connectivity index (χ3n) is 4.71. The van der Waals surface area contributed by atoms with Gasteiger partial charge in [-0.15, -0.1) is 0 Å². The van der Waals surface area contributed by atoms with Crippen molar-refractivity contribution in [2.45, 2.75) is 29.8 Å². The average Bonchev–Trinajstić information content (AvgIpc) is 2.78. The molecule has 0 amide bonds. The molecule has 0 saturated carbocycles. The normalized spacial score (nSPS) is 12.2. The lowest BCUT2D eigenvalue weighted by Crippen LogP contribution is -2.30. The molecule has 3 aromatic carbocycles. The fourth-order valence-corrected chi connectivity index (χ4v) is 5.41. The van der Waals surface area contributed by atoms with Gasteiger partial charge in [0.05, 0.1) is 9.79 Å². The fraction of sp³-hybridized carbons (Fsp3) is 0.182. The maximum Gasteiger partial charge on any atom is 0.243 e. The summed E-state index contributed by atoms with van der Waals surface area (Å²) < 4.78 is 67.8. The van der Waals surface area contributed by atoms with Crippen molar-refractivity contribution in [3.63, 3.8) is 0 Å². The Balaban J connectivity index is 1.74. The highest BCUT2D eigenvalue weighted by molar-refractivity contribution is 7.89. The molecule has 0 fully saturated rings.